The van der Waals surface area contributed by atoms with Crippen molar-refractivity contribution in [2.75, 3.05) is 23.7 Å². The van der Waals surface area contributed by atoms with Crippen molar-refractivity contribution < 1.29 is 13.9 Å². The van der Waals surface area contributed by atoms with Crippen LogP contribution in [-0.2, 0) is 11.8 Å². The molecule has 9 heteroatoms. The quantitative estimate of drug-likeness (QED) is 0.777. The maximum absolute atomic E-state index is 14.7. The molecule has 1 aromatic rings. The predicted octanol–water partition coefficient (Wildman–Crippen LogP) is 2.28. The lowest BCUT2D eigenvalue weighted by Crippen LogP contribution is -2.54. The molecule has 2 unspecified atom stereocenters. The highest BCUT2D eigenvalue weighted by Gasteiger charge is 2.51. The Morgan fingerprint density at radius 3 is 2.52 bits per heavy atom. The maximum Gasteiger partial charge on any atom is 0.407 e. The molecule has 1 aliphatic carbocycles. The van der Waals surface area contributed by atoms with Gasteiger partial charge in [-0.05, 0) is 58.8 Å². The van der Waals surface area contributed by atoms with Crippen molar-refractivity contribution in [3.8, 4) is 0 Å². The molecule has 1 saturated heterocycles. The van der Waals surface area contributed by atoms with E-state index >= 15 is 0 Å². The molecule has 2 heterocycles. The molecular formula is C20H32FN5O3. The molecule has 29 heavy (non-hydrogen) atoms. The van der Waals surface area contributed by atoms with E-state index in [1.165, 1.54) is 4.57 Å². The number of nitrogens with two attached hydrogens (primary N) is 1. The van der Waals surface area contributed by atoms with Crippen LogP contribution in [0.1, 0.15) is 52.0 Å². The van der Waals surface area contributed by atoms with E-state index in [0.717, 1.165) is 0 Å². The Balaban J connectivity index is 1.74. The predicted molar refractivity (Wildman–Crippen MR) is 110 cm³/mol. The number of alkyl halides is 1. The average Bonchev–Trinajstić information content (AvgIpc) is 2.92. The van der Waals surface area contributed by atoms with Gasteiger partial charge in [-0.25, -0.2) is 9.18 Å². The van der Waals surface area contributed by atoms with E-state index in [0.29, 0.717) is 50.3 Å². The molecule has 1 aliphatic heterocycles. The van der Waals surface area contributed by atoms with E-state index in [9.17, 15) is 14.0 Å². The van der Waals surface area contributed by atoms with Gasteiger partial charge in [-0.1, -0.05) is 0 Å². The van der Waals surface area contributed by atoms with E-state index in [1.54, 1.807) is 34.7 Å². The zero-order valence-electron chi connectivity index (χ0n) is 17.9. The maximum atomic E-state index is 14.7. The number of hydrogen-bond acceptors (Lipinski definition) is 6. The third kappa shape index (κ3) is 4.18. The van der Waals surface area contributed by atoms with Crippen molar-refractivity contribution in [1.29, 1.82) is 0 Å². The number of aromatic nitrogens is 2. The summed E-state index contributed by atoms with van der Waals surface area (Å²) in [5, 5.41) is 2.79. The Hall–Kier alpha value is -2.32. The van der Waals surface area contributed by atoms with E-state index in [-0.39, 0.29) is 16.8 Å². The first kappa shape index (κ1) is 21.4. The van der Waals surface area contributed by atoms with Crippen LogP contribution < -0.4 is 21.5 Å². The minimum absolute atomic E-state index is 0.165. The molecule has 1 saturated carbocycles. The van der Waals surface area contributed by atoms with Crippen LogP contribution in [-0.4, -0.2) is 46.5 Å². The van der Waals surface area contributed by atoms with Crippen molar-refractivity contribution >= 4 is 17.9 Å². The van der Waals surface area contributed by atoms with Crippen LogP contribution in [0.2, 0.25) is 0 Å². The molecule has 0 bridgehead atoms. The Morgan fingerprint density at radius 1 is 1.31 bits per heavy atom. The summed E-state index contributed by atoms with van der Waals surface area (Å²) in [7, 11) is 1.68. The molecule has 0 radical (unpaired) electrons. The van der Waals surface area contributed by atoms with Crippen LogP contribution in [0.4, 0.5) is 21.0 Å². The summed E-state index contributed by atoms with van der Waals surface area (Å²) in [5.41, 5.74) is 5.21. The number of piperidine rings is 1. The van der Waals surface area contributed by atoms with E-state index < -0.39 is 23.9 Å². The topological polar surface area (TPSA) is 102 Å². The molecule has 162 valence electrons. The van der Waals surface area contributed by atoms with Crippen molar-refractivity contribution in [3.05, 3.63) is 15.9 Å². The lowest BCUT2D eigenvalue weighted by molar-refractivity contribution is 0.0396. The van der Waals surface area contributed by atoms with Crippen LogP contribution in [0.5, 0.6) is 0 Å². The molecular weight excluding hydrogens is 377 g/mol. The van der Waals surface area contributed by atoms with E-state index in [2.05, 4.69) is 10.3 Å². The fourth-order valence-corrected chi connectivity index (χ4v) is 4.52. The third-order valence-corrected chi connectivity index (χ3v) is 6.18. The molecule has 2 atom stereocenters. The summed E-state index contributed by atoms with van der Waals surface area (Å²) in [6.07, 6.45) is 0.852. The minimum atomic E-state index is -1.09. The highest BCUT2D eigenvalue weighted by molar-refractivity contribution is 5.68. The number of alkyl carbamates (subject to hydrolysis) is 1. The normalized spacial score (nSPS) is 24.0. The minimum Gasteiger partial charge on any atom is -0.444 e. The standard InChI is InChI=1S/C20H32FN5O3/c1-12-15(22)24-17(25(5)16(12)27)26-10-8-20(9-11-26)7-6-13(21)14(20)23-18(28)29-19(2,3)4/h13-14H,6-11,22H2,1-5H3,(H,23,28). The Morgan fingerprint density at radius 2 is 1.93 bits per heavy atom. The SMILES string of the molecule is Cc1c(N)nc(N2CCC3(CCC(F)C3NC(=O)OC(C)(C)C)CC2)n(C)c1=O. The molecule has 1 aromatic heterocycles. The van der Waals surface area contributed by atoms with Gasteiger partial charge in [0.05, 0.1) is 11.6 Å². The molecule has 1 amide bonds. The highest BCUT2D eigenvalue weighted by Crippen LogP contribution is 2.48. The van der Waals surface area contributed by atoms with Crippen LogP contribution in [0.25, 0.3) is 0 Å². The number of carbonyl (C=O) groups is 1. The lowest BCUT2D eigenvalue weighted by Gasteiger charge is -2.44. The number of amides is 1. The number of nitrogens with zero attached hydrogens (tertiary/aromatic N) is 3. The monoisotopic (exact) mass is 409 g/mol. The molecule has 3 N–H and O–H groups in total. The summed E-state index contributed by atoms with van der Waals surface area (Å²) < 4.78 is 21.5. The van der Waals surface area contributed by atoms with Crippen molar-refractivity contribution in [3.63, 3.8) is 0 Å². The van der Waals surface area contributed by atoms with Crippen LogP contribution in [0, 0.1) is 12.3 Å². The van der Waals surface area contributed by atoms with Gasteiger partial charge in [-0.15, -0.1) is 0 Å². The second-order valence-electron chi connectivity index (χ2n) is 9.31. The number of anilines is 2. The van der Waals surface area contributed by atoms with E-state index in [4.69, 9.17) is 10.5 Å². The molecule has 2 fully saturated rings. The van der Waals surface area contributed by atoms with Crippen molar-refractivity contribution in [2.45, 2.75) is 71.2 Å². The number of carbonyl (C=O) groups excluding carboxylic acids is 1. The Kier molecular flexibility index (Phi) is 5.53. The van der Waals surface area contributed by atoms with Gasteiger partial charge in [0.15, 0.2) is 0 Å². The van der Waals surface area contributed by atoms with Gasteiger partial charge in [0.25, 0.3) is 5.56 Å². The average molecular weight is 410 g/mol. The Labute approximate surface area is 170 Å². The van der Waals surface area contributed by atoms with Crippen LogP contribution in [0.15, 0.2) is 4.79 Å². The molecule has 3 rings (SSSR count). The summed E-state index contributed by atoms with van der Waals surface area (Å²) >= 11 is 0. The summed E-state index contributed by atoms with van der Waals surface area (Å²) in [6, 6.07) is -0.570. The molecule has 0 aromatic carbocycles. The second-order valence-corrected chi connectivity index (χ2v) is 9.31. The van der Waals surface area contributed by atoms with Gasteiger partial charge >= 0.3 is 6.09 Å². The zero-order valence-corrected chi connectivity index (χ0v) is 17.9. The third-order valence-electron chi connectivity index (χ3n) is 6.18. The van der Waals surface area contributed by atoms with Crippen molar-refractivity contribution in [2.24, 2.45) is 12.5 Å². The van der Waals surface area contributed by atoms with Crippen molar-refractivity contribution in [1.82, 2.24) is 14.9 Å². The van der Waals surface area contributed by atoms with Gasteiger partial charge in [0.1, 0.15) is 17.6 Å². The number of halogens is 1. The van der Waals surface area contributed by atoms with Crippen LogP contribution in [0.3, 0.4) is 0 Å². The summed E-state index contributed by atoms with van der Waals surface area (Å²) in [4.78, 5) is 31.0. The van der Waals surface area contributed by atoms with Gasteiger partial charge in [0.2, 0.25) is 5.95 Å². The molecule has 2 aliphatic rings. The Bertz CT molecular complexity index is 840. The second kappa shape index (κ2) is 7.50. The summed E-state index contributed by atoms with van der Waals surface area (Å²) in [5.74, 6) is 0.761. The fraction of sp³-hybridized carbons (Fsp3) is 0.750. The highest BCUT2D eigenvalue weighted by atomic mass is 19.1. The first-order valence-corrected chi connectivity index (χ1v) is 10.2. The number of ether oxygens (including phenoxy) is 1. The first-order valence-electron chi connectivity index (χ1n) is 10.2. The summed E-state index contributed by atoms with van der Waals surface area (Å²) in [6.45, 7) is 8.24. The first-order chi connectivity index (χ1) is 13.4. The fourth-order valence-electron chi connectivity index (χ4n) is 4.52. The van der Waals surface area contributed by atoms with Crippen LogP contribution >= 0.6 is 0 Å². The van der Waals surface area contributed by atoms with Gasteiger partial charge in [-0.3, -0.25) is 9.36 Å². The van der Waals surface area contributed by atoms with Gasteiger partial charge in [0, 0.05) is 20.1 Å². The number of rotatable bonds is 2. The van der Waals surface area contributed by atoms with E-state index in [1.807, 2.05) is 4.90 Å². The van der Waals surface area contributed by atoms with Gasteiger partial charge in [-0.2, -0.15) is 4.98 Å². The molecule has 1 spiro atoms. The van der Waals surface area contributed by atoms with Gasteiger partial charge < -0.3 is 20.7 Å². The zero-order chi connectivity index (χ0) is 21.6. The number of hydrogen-bond donors (Lipinski definition) is 2. The lowest BCUT2D eigenvalue weighted by atomic mass is 9.74. The smallest absolute Gasteiger partial charge is 0.407 e. The number of nitrogens with one attached hydrogen (secondary N) is 1. The number of nitrogen functional groups attached to an aromatic ring is 1. The molecule has 8 nitrogen and oxygen atoms in total. The largest absolute Gasteiger partial charge is 0.444 e.